The lowest BCUT2D eigenvalue weighted by atomic mass is 10.2. The van der Waals surface area contributed by atoms with Gasteiger partial charge in [0.25, 0.3) is 5.71 Å². The highest BCUT2D eigenvalue weighted by Crippen LogP contribution is 2.27. The highest BCUT2D eigenvalue weighted by atomic mass is 16.7. The molecule has 0 atom stereocenters. The van der Waals surface area contributed by atoms with Crippen LogP contribution < -0.4 is 9.85 Å². The summed E-state index contributed by atoms with van der Waals surface area (Å²) >= 11 is 0. The molecule has 0 saturated carbocycles. The third kappa shape index (κ3) is 3.37. The summed E-state index contributed by atoms with van der Waals surface area (Å²) in [5.74, 6) is -1.11. The quantitative estimate of drug-likeness (QED) is 0.336. The summed E-state index contributed by atoms with van der Waals surface area (Å²) in [6.45, 7) is 2.22. The summed E-state index contributed by atoms with van der Waals surface area (Å²) in [4.78, 5) is 33.7. The second-order valence-electron chi connectivity index (χ2n) is 3.76. The van der Waals surface area contributed by atoms with Crippen LogP contribution in [-0.4, -0.2) is 29.4 Å². The van der Waals surface area contributed by atoms with E-state index < -0.39 is 22.3 Å². The van der Waals surface area contributed by atoms with E-state index in [9.17, 15) is 19.7 Å². The summed E-state index contributed by atoms with van der Waals surface area (Å²) in [5, 5.41) is 14.1. The lowest BCUT2D eigenvalue weighted by Gasteiger charge is -2.12. The Morgan fingerprint density at radius 1 is 1.25 bits per heavy atom. The van der Waals surface area contributed by atoms with E-state index in [0.717, 1.165) is 13.8 Å². The maximum absolute atomic E-state index is 11.3. The zero-order valence-electron chi connectivity index (χ0n) is 11.2. The van der Waals surface area contributed by atoms with Crippen molar-refractivity contribution in [1.29, 1.82) is 0 Å². The Balaban J connectivity index is 3.39. The number of methoxy groups -OCH3 is 1. The van der Waals surface area contributed by atoms with Gasteiger partial charge in [0.05, 0.1) is 17.2 Å². The minimum absolute atomic E-state index is 0.0139. The molecule has 0 aliphatic carbocycles. The Bertz CT molecular complexity index is 566. The first-order chi connectivity index (χ1) is 9.38. The van der Waals surface area contributed by atoms with Crippen LogP contribution in [0.4, 0.5) is 5.69 Å². The van der Waals surface area contributed by atoms with Gasteiger partial charge >= 0.3 is 0 Å². The number of ketones is 2. The topological polar surface area (TPSA) is 102 Å². The van der Waals surface area contributed by atoms with Gasteiger partial charge in [-0.25, -0.2) is 0 Å². The van der Waals surface area contributed by atoms with Crippen LogP contribution in [0.25, 0.3) is 0 Å². The van der Waals surface area contributed by atoms with Crippen LogP contribution >= 0.6 is 0 Å². The van der Waals surface area contributed by atoms with Crippen molar-refractivity contribution in [3.63, 3.8) is 0 Å². The Labute approximate surface area is 114 Å². The van der Waals surface area contributed by atoms with E-state index >= 15 is 0 Å². The van der Waals surface area contributed by atoms with E-state index in [1.54, 1.807) is 12.1 Å². The fourth-order valence-corrected chi connectivity index (χ4v) is 1.46. The molecule has 1 aromatic rings. The summed E-state index contributed by atoms with van der Waals surface area (Å²) in [7, 11) is 1.34. The number of benzene rings is 1. The molecular formula is C12H13N3O5. The van der Waals surface area contributed by atoms with E-state index in [1.165, 1.54) is 19.2 Å². The smallest absolute Gasteiger partial charge is 0.286 e. The van der Waals surface area contributed by atoms with E-state index in [2.05, 4.69) is 5.10 Å². The number of hydrazine groups is 1. The van der Waals surface area contributed by atoms with E-state index in [4.69, 9.17) is 4.74 Å². The largest absolute Gasteiger partial charge is 0.494 e. The van der Waals surface area contributed by atoms with Gasteiger partial charge in [0.15, 0.2) is 11.4 Å². The molecule has 8 nitrogen and oxygen atoms in total. The van der Waals surface area contributed by atoms with Crippen molar-refractivity contribution in [2.45, 2.75) is 13.8 Å². The number of rotatable bonds is 6. The molecule has 0 saturated heterocycles. The van der Waals surface area contributed by atoms with Crippen molar-refractivity contribution < 1.29 is 19.4 Å². The average Bonchev–Trinajstić information content (AvgIpc) is 2.38. The molecule has 0 heterocycles. The van der Waals surface area contributed by atoms with Gasteiger partial charge in [-0.05, 0) is 12.1 Å². The lowest BCUT2D eigenvalue weighted by Crippen LogP contribution is -2.30. The number of nitrogens with zero attached hydrogens (tertiary/aromatic N) is 3. The van der Waals surface area contributed by atoms with Gasteiger partial charge in [-0.2, -0.15) is 0 Å². The minimum Gasteiger partial charge on any atom is -0.494 e. The minimum atomic E-state index is -0.844. The molecule has 0 aliphatic rings. The number of carbonyl (C=O) groups is 2. The number of hydrogen-bond acceptors (Lipinski definition) is 6. The number of hydrogen-bond donors (Lipinski definition) is 0. The zero-order valence-corrected chi connectivity index (χ0v) is 11.2. The number of carbonyl (C=O) groups excluding carboxylic acids is 2. The molecule has 0 spiro atoms. The van der Waals surface area contributed by atoms with Gasteiger partial charge < -0.3 is 14.9 Å². The van der Waals surface area contributed by atoms with E-state index in [0.29, 0.717) is 5.12 Å². The molecule has 106 valence electrons. The Kier molecular flexibility index (Phi) is 4.90. The van der Waals surface area contributed by atoms with Crippen LogP contribution in [-0.2, 0) is 9.59 Å². The summed E-state index contributed by atoms with van der Waals surface area (Å²) in [6.07, 6.45) is 0. The molecule has 0 aromatic heterocycles. The van der Waals surface area contributed by atoms with Crippen molar-refractivity contribution in [3.8, 4) is 5.75 Å². The van der Waals surface area contributed by atoms with Crippen LogP contribution in [0, 0.1) is 10.1 Å². The Hall–Kier alpha value is -2.77. The summed E-state index contributed by atoms with van der Waals surface area (Å²) < 4.78 is 4.99. The van der Waals surface area contributed by atoms with E-state index in [1.807, 2.05) is 0 Å². The maximum atomic E-state index is 11.3. The molecule has 0 fully saturated rings. The fourth-order valence-electron chi connectivity index (χ4n) is 1.46. The van der Waals surface area contributed by atoms with Crippen LogP contribution in [0.3, 0.4) is 0 Å². The van der Waals surface area contributed by atoms with Gasteiger partial charge in [0, 0.05) is 19.0 Å². The Morgan fingerprint density at radius 3 is 2.25 bits per heavy atom. The molecule has 0 unspecified atom stereocenters. The first-order valence-electron chi connectivity index (χ1n) is 5.56. The molecule has 0 aliphatic heterocycles. The molecule has 1 rings (SSSR count). The van der Waals surface area contributed by atoms with Crippen molar-refractivity contribution in [1.82, 2.24) is 0 Å². The second kappa shape index (κ2) is 6.41. The lowest BCUT2D eigenvalue weighted by molar-refractivity contribution is -0.495. The highest BCUT2D eigenvalue weighted by Gasteiger charge is 2.27. The third-order valence-electron chi connectivity index (χ3n) is 2.32. The molecule has 1 aromatic carbocycles. The molecule has 8 heteroatoms. The van der Waals surface area contributed by atoms with Crippen molar-refractivity contribution >= 4 is 23.0 Å². The van der Waals surface area contributed by atoms with Gasteiger partial charge in [0.1, 0.15) is 0 Å². The summed E-state index contributed by atoms with van der Waals surface area (Å²) in [5.41, 5.74) is -0.493. The average molecular weight is 279 g/mol. The van der Waals surface area contributed by atoms with Crippen molar-refractivity contribution in [2.24, 2.45) is 5.10 Å². The summed E-state index contributed by atoms with van der Waals surface area (Å²) in [6, 6.07) is 6.07. The number of nitro groups is 1. The SMILES string of the molecule is COc1ccccc1N(N=C(C(C)=O)C(C)=O)[N+](=O)[O-]. The van der Waals surface area contributed by atoms with Crippen molar-refractivity contribution in [2.75, 3.05) is 12.2 Å². The zero-order chi connectivity index (χ0) is 15.3. The second-order valence-corrected chi connectivity index (χ2v) is 3.76. The monoisotopic (exact) mass is 279 g/mol. The molecule has 0 N–H and O–H groups in total. The van der Waals surface area contributed by atoms with Gasteiger partial charge in [-0.1, -0.05) is 12.1 Å². The molecule has 20 heavy (non-hydrogen) atoms. The van der Waals surface area contributed by atoms with Crippen LogP contribution in [0.2, 0.25) is 0 Å². The highest BCUT2D eigenvalue weighted by molar-refractivity contribution is 6.65. The van der Waals surface area contributed by atoms with Gasteiger partial charge in [0.2, 0.25) is 11.6 Å². The van der Waals surface area contributed by atoms with Gasteiger partial charge in [-0.15, -0.1) is 0 Å². The number of Topliss-reactive ketones (excluding diaryl/α,β-unsaturated/α-hetero) is 2. The van der Waals surface area contributed by atoms with Crippen LogP contribution in [0.1, 0.15) is 13.8 Å². The molecule has 0 radical (unpaired) electrons. The number of ether oxygens (including phenoxy) is 1. The molecule has 0 amide bonds. The molecular weight excluding hydrogens is 266 g/mol. The predicted molar refractivity (Wildman–Crippen MR) is 71.3 cm³/mol. The van der Waals surface area contributed by atoms with E-state index in [-0.39, 0.29) is 11.4 Å². The van der Waals surface area contributed by atoms with Crippen LogP contribution in [0.15, 0.2) is 29.4 Å². The molecule has 0 bridgehead atoms. The maximum Gasteiger partial charge on any atom is 0.286 e. The first kappa shape index (κ1) is 15.3. The predicted octanol–water partition coefficient (Wildman–Crippen LogP) is 1.23. The van der Waals surface area contributed by atoms with Crippen molar-refractivity contribution in [3.05, 3.63) is 34.4 Å². The normalized spacial score (nSPS) is 9.55. The first-order valence-corrected chi connectivity index (χ1v) is 5.56. The van der Waals surface area contributed by atoms with Crippen LogP contribution in [0.5, 0.6) is 5.75 Å². The Morgan fingerprint density at radius 2 is 1.80 bits per heavy atom. The number of para-hydroxylation sites is 2. The number of hydrazone groups is 1. The fraction of sp³-hybridized carbons (Fsp3) is 0.250. The standard InChI is InChI=1S/C12H13N3O5/c1-8(16)12(9(2)17)13-14(15(18)19)10-6-4-5-7-11(10)20-3/h4-7H,1-3H3. The number of anilines is 1. The van der Waals surface area contributed by atoms with Gasteiger partial charge in [-0.3, -0.25) is 9.59 Å². The third-order valence-corrected chi connectivity index (χ3v) is 2.32.